The molecule has 0 aliphatic heterocycles. The minimum absolute atomic E-state index is 0.0393. The quantitative estimate of drug-likeness (QED) is 0.752. The zero-order chi connectivity index (χ0) is 11.4. The van der Waals surface area contributed by atoms with Gasteiger partial charge in [-0.15, -0.1) is 0 Å². The standard InChI is InChI=1S/C11H13BrF2O/c1-7(2)3-4-15-10-6-8(12)5-9(13)11(10)14/h5-7H,3-4H2,1-2H3. The van der Waals surface area contributed by atoms with Crippen LogP contribution >= 0.6 is 15.9 Å². The first-order valence-corrected chi connectivity index (χ1v) is 5.57. The Balaban J connectivity index is 2.68. The van der Waals surface area contributed by atoms with E-state index in [0.717, 1.165) is 12.5 Å². The molecule has 0 N–H and O–H groups in total. The molecular formula is C11H13BrF2O. The fourth-order valence-corrected chi connectivity index (χ4v) is 1.45. The van der Waals surface area contributed by atoms with Gasteiger partial charge in [-0.1, -0.05) is 29.8 Å². The molecule has 84 valence electrons. The lowest BCUT2D eigenvalue weighted by molar-refractivity contribution is 0.272. The Morgan fingerprint density at radius 1 is 1.33 bits per heavy atom. The van der Waals surface area contributed by atoms with Crippen LogP contribution in [0.3, 0.4) is 0 Å². The molecule has 0 aromatic heterocycles. The summed E-state index contributed by atoms with van der Waals surface area (Å²) < 4.78 is 31.8. The van der Waals surface area contributed by atoms with Gasteiger partial charge in [0.1, 0.15) is 0 Å². The van der Waals surface area contributed by atoms with E-state index < -0.39 is 11.6 Å². The van der Waals surface area contributed by atoms with Crippen molar-refractivity contribution >= 4 is 15.9 Å². The molecule has 0 amide bonds. The van der Waals surface area contributed by atoms with Gasteiger partial charge in [0, 0.05) is 4.47 Å². The molecule has 0 unspecified atom stereocenters. The first-order valence-electron chi connectivity index (χ1n) is 4.78. The lowest BCUT2D eigenvalue weighted by atomic mass is 10.1. The summed E-state index contributed by atoms with van der Waals surface area (Å²) in [5.41, 5.74) is 0. The van der Waals surface area contributed by atoms with Crippen molar-refractivity contribution in [1.82, 2.24) is 0 Å². The van der Waals surface area contributed by atoms with Crippen molar-refractivity contribution in [3.05, 3.63) is 28.2 Å². The third-order valence-electron chi connectivity index (χ3n) is 1.91. The van der Waals surface area contributed by atoms with Crippen LogP contribution in [-0.2, 0) is 0 Å². The van der Waals surface area contributed by atoms with Crippen LogP contribution in [-0.4, -0.2) is 6.61 Å². The molecule has 0 atom stereocenters. The van der Waals surface area contributed by atoms with E-state index in [1.807, 2.05) is 13.8 Å². The minimum Gasteiger partial charge on any atom is -0.490 e. The summed E-state index contributed by atoms with van der Waals surface area (Å²) >= 11 is 3.08. The second kappa shape index (κ2) is 5.45. The summed E-state index contributed by atoms with van der Waals surface area (Å²) in [6.07, 6.45) is 0.813. The Labute approximate surface area is 96.6 Å². The monoisotopic (exact) mass is 278 g/mol. The second-order valence-electron chi connectivity index (χ2n) is 3.73. The van der Waals surface area contributed by atoms with Gasteiger partial charge in [-0.25, -0.2) is 4.39 Å². The van der Waals surface area contributed by atoms with Crippen molar-refractivity contribution in [3.63, 3.8) is 0 Å². The molecular weight excluding hydrogens is 266 g/mol. The van der Waals surface area contributed by atoms with Crippen LogP contribution in [0, 0.1) is 17.6 Å². The first kappa shape index (κ1) is 12.4. The molecule has 0 aliphatic carbocycles. The van der Waals surface area contributed by atoms with E-state index in [-0.39, 0.29) is 5.75 Å². The highest BCUT2D eigenvalue weighted by atomic mass is 79.9. The maximum absolute atomic E-state index is 13.2. The van der Waals surface area contributed by atoms with Gasteiger partial charge >= 0.3 is 0 Å². The van der Waals surface area contributed by atoms with Crippen LogP contribution in [0.2, 0.25) is 0 Å². The predicted octanol–water partition coefficient (Wildman–Crippen LogP) is 4.15. The van der Waals surface area contributed by atoms with E-state index in [9.17, 15) is 8.78 Å². The maximum atomic E-state index is 13.2. The van der Waals surface area contributed by atoms with E-state index in [2.05, 4.69) is 15.9 Å². The van der Waals surface area contributed by atoms with Crippen LogP contribution in [0.15, 0.2) is 16.6 Å². The normalized spacial score (nSPS) is 10.8. The lowest BCUT2D eigenvalue weighted by Gasteiger charge is -2.09. The van der Waals surface area contributed by atoms with Gasteiger partial charge in [-0.2, -0.15) is 4.39 Å². The van der Waals surface area contributed by atoms with E-state index in [1.54, 1.807) is 0 Å². The van der Waals surface area contributed by atoms with Crippen molar-refractivity contribution in [2.24, 2.45) is 5.92 Å². The SMILES string of the molecule is CC(C)CCOc1cc(Br)cc(F)c1F. The minimum atomic E-state index is -0.929. The highest BCUT2D eigenvalue weighted by molar-refractivity contribution is 9.10. The summed E-state index contributed by atoms with van der Waals surface area (Å²) in [6, 6.07) is 2.50. The van der Waals surface area contributed by atoms with Gasteiger partial charge in [0.05, 0.1) is 6.61 Å². The molecule has 0 aliphatic rings. The van der Waals surface area contributed by atoms with Gasteiger partial charge in [-0.3, -0.25) is 0 Å². The average molecular weight is 279 g/mol. The maximum Gasteiger partial charge on any atom is 0.200 e. The summed E-state index contributed by atoms with van der Waals surface area (Å²) in [5.74, 6) is -1.39. The van der Waals surface area contributed by atoms with Crippen LogP contribution < -0.4 is 4.74 Å². The highest BCUT2D eigenvalue weighted by Gasteiger charge is 2.11. The largest absolute Gasteiger partial charge is 0.490 e. The van der Waals surface area contributed by atoms with Crippen LogP contribution in [0.5, 0.6) is 5.75 Å². The van der Waals surface area contributed by atoms with Gasteiger partial charge in [0.2, 0.25) is 5.82 Å². The zero-order valence-electron chi connectivity index (χ0n) is 8.69. The Morgan fingerprint density at radius 3 is 2.60 bits per heavy atom. The number of benzene rings is 1. The highest BCUT2D eigenvalue weighted by Crippen LogP contribution is 2.25. The predicted molar refractivity (Wildman–Crippen MR) is 59.0 cm³/mol. The molecule has 0 saturated heterocycles. The van der Waals surface area contributed by atoms with Crippen molar-refractivity contribution in [3.8, 4) is 5.75 Å². The summed E-state index contributed by atoms with van der Waals surface area (Å²) in [6.45, 7) is 4.48. The molecule has 0 heterocycles. The van der Waals surface area contributed by atoms with Crippen molar-refractivity contribution in [2.75, 3.05) is 6.61 Å². The number of halogens is 3. The summed E-state index contributed by atoms with van der Waals surface area (Å²) in [4.78, 5) is 0. The zero-order valence-corrected chi connectivity index (χ0v) is 10.3. The summed E-state index contributed by atoms with van der Waals surface area (Å²) in [5, 5.41) is 0. The van der Waals surface area contributed by atoms with E-state index in [4.69, 9.17) is 4.74 Å². The third-order valence-corrected chi connectivity index (χ3v) is 2.37. The molecule has 1 aromatic rings. The molecule has 0 fully saturated rings. The van der Waals surface area contributed by atoms with E-state index in [1.165, 1.54) is 6.07 Å². The molecule has 15 heavy (non-hydrogen) atoms. The second-order valence-corrected chi connectivity index (χ2v) is 4.65. The average Bonchev–Trinajstić information content (AvgIpc) is 2.12. The van der Waals surface area contributed by atoms with Crippen molar-refractivity contribution in [1.29, 1.82) is 0 Å². The fourth-order valence-electron chi connectivity index (χ4n) is 1.04. The third kappa shape index (κ3) is 3.78. The number of ether oxygens (including phenoxy) is 1. The van der Waals surface area contributed by atoms with Gasteiger partial charge in [0.25, 0.3) is 0 Å². The lowest BCUT2D eigenvalue weighted by Crippen LogP contribution is -2.03. The smallest absolute Gasteiger partial charge is 0.200 e. The van der Waals surface area contributed by atoms with Crippen molar-refractivity contribution < 1.29 is 13.5 Å². The Bertz CT molecular complexity index is 340. The number of hydrogen-bond acceptors (Lipinski definition) is 1. The Kier molecular flexibility index (Phi) is 4.51. The molecule has 0 bridgehead atoms. The molecule has 0 saturated carbocycles. The van der Waals surface area contributed by atoms with Crippen molar-refractivity contribution in [2.45, 2.75) is 20.3 Å². The molecule has 0 spiro atoms. The summed E-state index contributed by atoms with van der Waals surface area (Å²) in [7, 11) is 0. The first-order chi connectivity index (χ1) is 7.00. The van der Waals surface area contributed by atoms with E-state index >= 15 is 0 Å². The number of rotatable bonds is 4. The topological polar surface area (TPSA) is 9.23 Å². The molecule has 4 heteroatoms. The van der Waals surface area contributed by atoms with Gasteiger partial charge < -0.3 is 4.74 Å². The Morgan fingerprint density at radius 2 is 2.00 bits per heavy atom. The molecule has 0 radical (unpaired) electrons. The van der Waals surface area contributed by atoms with Crippen LogP contribution in [0.1, 0.15) is 20.3 Å². The van der Waals surface area contributed by atoms with Crippen LogP contribution in [0.4, 0.5) is 8.78 Å². The fraction of sp³-hybridized carbons (Fsp3) is 0.455. The van der Waals surface area contributed by atoms with E-state index in [0.29, 0.717) is 17.0 Å². The van der Waals surface area contributed by atoms with Gasteiger partial charge in [-0.05, 0) is 24.5 Å². The molecule has 1 aromatic carbocycles. The molecule has 1 rings (SSSR count). The van der Waals surface area contributed by atoms with Gasteiger partial charge in [0.15, 0.2) is 11.6 Å². The number of hydrogen-bond donors (Lipinski definition) is 0. The molecule has 1 nitrogen and oxygen atoms in total. The van der Waals surface area contributed by atoms with Crippen LogP contribution in [0.25, 0.3) is 0 Å². The Hall–Kier alpha value is -0.640.